The van der Waals surface area contributed by atoms with E-state index >= 15 is 0 Å². The molecule has 0 aliphatic carbocycles. The van der Waals surface area contributed by atoms with Crippen molar-refractivity contribution >= 4 is 27.9 Å². The van der Waals surface area contributed by atoms with Gasteiger partial charge in [0.2, 0.25) is 10.8 Å². The van der Waals surface area contributed by atoms with E-state index in [9.17, 15) is 17.6 Å². The molecule has 3 aromatic heterocycles. The molecule has 0 radical (unpaired) electrons. The van der Waals surface area contributed by atoms with E-state index in [0.717, 1.165) is 17.4 Å². The summed E-state index contributed by atoms with van der Waals surface area (Å²) in [5, 5.41) is 16.4. The number of benzene rings is 1. The SMILES string of the molecule is Cn1ncc(Cl)c1-c1nnc2sc(-c3cccc(C(F)(F)F)c3F)nn12. The van der Waals surface area contributed by atoms with Crippen LogP contribution in [0.3, 0.4) is 0 Å². The molecular formula is C14H7ClF4N6S. The van der Waals surface area contributed by atoms with Crippen molar-refractivity contribution in [3.8, 4) is 22.1 Å². The largest absolute Gasteiger partial charge is 0.419 e. The maximum absolute atomic E-state index is 14.4. The van der Waals surface area contributed by atoms with Crippen molar-refractivity contribution in [2.24, 2.45) is 7.05 Å². The zero-order valence-corrected chi connectivity index (χ0v) is 14.4. The fraction of sp³-hybridized carbons (Fsp3) is 0.143. The Morgan fingerprint density at radius 3 is 2.62 bits per heavy atom. The van der Waals surface area contributed by atoms with Gasteiger partial charge in [-0.1, -0.05) is 29.0 Å². The van der Waals surface area contributed by atoms with Gasteiger partial charge in [0.25, 0.3) is 0 Å². The van der Waals surface area contributed by atoms with E-state index in [2.05, 4.69) is 20.4 Å². The number of fused-ring (bicyclic) bond motifs is 1. The summed E-state index contributed by atoms with van der Waals surface area (Å²) in [6.45, 7) is 0. The second-order valence-corrected chi connectivity index (χ2v) is 6.62. The molecule has 0 aliphatic rings. The third-order valence-electron chi connectivity index (χ3n) is 3.63. The number of nitrogens with zero attached hydrogens (tertiary/aromatic N) is 6. The first kappa shape index (κ1) is 16.9. The van der Waals surface area contributed by atoms with Crippen molar-refractivity contribution in [2.75, 3.05) is 0 Å². The van der Waals surface area contributed by atoms with E-state index in [4.69, 9.17) is 11.6 Å². The Balaban J connectivity index is 1.89. The van der Waals surface area contributed by atoms with E-state index in [1.54, 1.807) is 7.05 Å². The van der Waals surface area contributed by atoms with Crippen LogP contribution in [-0.2, 0) is 13.2 Å². The van der Waals surface area contributed by atoms with Gasteiger partial charge in [0, 0.05) is 12.6 Å². The van der Waals surface area contributed by atoms with Crippen LogP contribution >= 0.6 is 22.9 Å². The lowest BCUT2D eigenvalue weighted by atomic mass is 10.1. The van der Waals surface area contributed by atoms with Crippen molar-refractivity contribution < 1.29 is 17.6 Å². The summed E-state index contributed by atoms with van der Waals surface area (Å²) in [5.41, 5.74) is -1.19. The van der Waals surface area contributed by atoms with E-state index in [-0.39, 0.29) is 21.4 Å². The first-order valence-electron chi connectivity index (χ1n) is 7.03. The Morgan fingerprint density at radius 2 is 1.96 bits per heavy atom. The quantitative estimate of drug-likeness (QED) is 0.474. The number of alkyl halides is 3. The third-order valence-corrected chi connectivity index (χ3v) is 4.84. The number of hydrogen-bond donors (Lipinski definition) is 0. The Labute approximate surface area is 151 Å². The molecule has 0 aliphatic heterocycles. The molecule has 0 saturated carbocycles. The monoisotopic (exact) mass is 402 g/mol. The summed E-state index contributed by atoms with van der Waals surface area (Å²) in [4.78, 5) is 0.282. The predicted octanol–water partition coefficient (Wildman–Crippen LogP) is 4.06. The highest BCUT2D eigenvalue weighted by Crippen LogP contribution is 2.37. The van der Waals surface area contributed by atoms with Gasteiger partial charge in [-0.15, -0.1) is 10.2 Å². The fourth-order valence-electron chi connectivity index (χ4n) is 2.45. The first-order valence-corrected chi connectivity index (χ1v) is 8.23. The van der Waals surface area contributed by atoms with Gasteiger partial charge in [0.05, 0.1) is 16.8 Å². The van der Waals surface area contributed by atoms with Gasteiger partial charge in [-0.2, -0.15) is 27.9 Å². The van der Waals surface area contributed by atoms with E-state index in [1.165, 1.54) is 21.5 Å². The van der Waals surface area contributed by atoms with Crippen molar-refractivity contribution in [1.82, 2.24) is 29.6 Å². The lowest BCUT2D eigenvalue weighted by Crippen LogP contribution is -2.08. The molecule has 134 valence electrons. The normalized spacial score (nSPS) is 12.2. The minimum atomic E-state index is -4.80. The smallest absolute Gasteiger partial charge is 0.263 e. The van der Waals surface area contributed by atoms with Gasteiger partial charge in [-0.3, -0.25) is 4.68 Å². The number of hydrogen-bond acceptors (Lipinski definition) is 5. The van der Waals surface area contributed by atoms with E-state index in [1.807, 2.05) is 0 Å². The van der Waals surface area contributed by atoms with Gasteiger partial charge < -0.3 is 0 Å². The van der Waals surface area contributed by atoms with Crippen LogP contribution in [0.1, 0.15) is 5.56 Å². The molecule has 4 rings (SSSR count). The summed E-state index contributed by atoms with van der Waals surface area (Å²) in [5.74, 6) is -1.13. The molecule has 1 aromatic carbocycles. The number of aryl methyl sites for hydroxylation is 1. The lowest BCUT2D eigenvalue weighted by Gasteiger charge is -2.09. The first-order chi connectivity index (χ1) is 12.3. The average molecular weight is 403 g/mol. The molecule has 0 atom stereocenters. The second-order valence-electron chi connectivity index (χ2n) is 5.25. The molecule has 0 unspecified atom stereocenters. The van der Waals surface area contributed by atoms with Gasteiger partial charge in [-0.05, 0) is 12.1 Å². The molecule has 0 amide bonds. The van der Waals surface area contributed by atoms with Crippen molar-refractivity contribution in [3.05, 3.63) is 40.8 Å². The van der Waals surface area contributed by atoms with Crippen molar-refractivity contribution in [2.45, 2.75) is 6.18 Å². The zero-order valence-electron chi connectivity index (χ0n) is 12.8. The highest BCUT2D eigenvalue weighted by Gasteiger charge is 2.35. The van der Waals surface area contributed by atoms with Gasteiger partial charge in [0.15, 0.2) is 5.01 Å². The van der Waals surface area contributed by atoms with Gasteiger partial charge in [0.1, 0.15) is 11.5 Å². The summed E-state index contributed by atoms with van der Waals surface area (Å²) in [7, 11) is 1.64. The van der Waals surface area contributed by atoms with Crippen molar-refractivity contribution in [3.63, 3.8) is 0 Å². The maximum Gasteiger partial charge on any atom is 0.419 e. The van der Waals surface area contributed by atoms with Crippen LogP contribution in [0.15, 0.2) is 24.4 Å². The molecule has 26 heavy (non-hydrogen) atoms. The summed E-state index contributed by atoms with van der Waals surface area (Å²) in [6.07, 6.45) is -3.38. The Kier molecular flexibility index (Phi) is 3.74. The van der Waals surface area contributed by atoms with Crippen molar-refractivity contribution in [1.29, 1.82) is 0 Å². The van der Waals surface area contributed by atoms with Crippen LogP contribution in [-0.4, -0.2) is 29.6 Å². The number of halogens is 5. The molecule has 0 N–H and O–H groups in total. The predicted molar refractivity (Wildman–Crippen MR) is 86.3 cm³/mol. The highest BCUT2D eigenvalue weighted by molar-refractivity contribution is 7.19. The minimum Gasteiger partial charge on any atom is -0.263 e. The second kappa shape index (κ2) is 5.74. The summed E-state index contributed by atoms with van der Waals surface area (Å²) >= 11 is 6.99. The van der Waals surface area contributed by atoms with E-state index in [0.29, 0.717) is 16.8 Å². The maximum atomic E-state index is 14.4. The molecule has 0 bridgehead atoms. The van der Waals surface area contributed by atoms with Crippen LogP contribution in [0.5, 0.6) is 0 Å². The number of rotatable bonds is 2. The Morgan fingerprint density at radius 1 is 1.19 bits per heavy atom. The van der Waals surface area contributed by atoms with Crippen LogP contribution in [0.25, 0.3) is 27.1 Å². The van der Waals surface area contributed by atoms with Gasteiger partial charge >= 0.3 is 6.18 Å². The molecule has 3 heterocycles. The average Bonchev–Trinajstić information content (AvgIpc) is 3.22. The Hall–Kier alpha value is -2.53. The molecule has 0 fully saturated rings. The van der Waals surface area contributed by atoms with E-state index < -0.39 is 17.6 Å². The topological polar surface area (TPSA) is 60.9 Å². The number of aromatic nitrogens is 6. The molecular weight excluding hydrogens is 396 g/mol. The minimum absolute atomic E-state index is 0.0399. The van der Waals surface area contributed by atoms with Crippen LogP contribution in [0, 0.1) is 5.82 Å². The van der Waals surface area contributed by atoms with Gasteiger partial charge in [-0.25, -0.2) is 4.39 Å². The molecule has 0 spiro atoms. The molecule has 6 nitrogen and oxygen atoms in total. The summed E-state index contributed by atoms with van der Waals surface area (Å²) < 4.78 is 55.9. The molecule has 0 saturated heterocycles. The highest BCUT2D eigenvalue weighted by atomic mass is 35.5. The fourth-order valence-corrected chi connectivity index (χ4v) is 3.56. The molecule has 12 heteroatoms. The summed E-state index contributed by atoms with van der Waals surface area (Å²) in [6, 6.07) is 3.04. The molecule has 4 aromatic rings. The zero-order chi connectivity index (χ0) is 18.6. The van der Waals surface area contributed by atoms with Crippen LogP contribution < -0.4 is 0 Å². The standard InChI is InChI=1S/C14H7ClF4N6S/c1-24-10(8(15)5-20-24)11-21-22-13-25(11)23-12(26-13)6-3-2-4-7(9(6)16)14(17,18)19/h2-5H,1H3. The van der Waals surface area contributed by atoms with Crippen LogP contribution in [0.2, 0.25) is 5.02 Å². The lowest BCUT2D eigenvalue weighted by molar-refractivity contribution is -0.139. The Bertz CT molecular complexity index is 1110. The third kappa shape index (κ3) is 2.54. The van der Waals surface area contributed by atoms with Crippen LogP contribution in [0.4, 0.5) is 17.6 Å².